The van der Waals surface area contributed by atoms with Crippen LogP contribution in [-0.2, 0) is 26.2 Å². The summed E-state index contributed by atoms with van der Waals surface area (Å²) in [6, 6.07) is 4.07. The van der Waals surface area contributed by atoms with E-state index in [1.807, 2.05) is 26.0 Å². The molecule has 0 bridgehead atoms. The minimum Gasteiger partial charge on any atom is -0.698 e. The van der Waals surface area contributed by atoms with Gasteiger partial charge in [-0.2, -0.15) is 0 Å². The van der Waals surface area contributed by atoms with E-state index in [9.17, 15) is 0 Å². The van der Waals surface area contributed by atoms with Crippen LogP contribution in [0.4, 0.5) is 5.69 Å². The summed E-state index contributed by atoms with van der Waals surface area (Å²) in [5.74, 6) is 0. The Balaban J connectivity index is -0.000000333. The molecule has 0 saturated carbocycles. The Morgan fingerprint density at radius 3 is 1.54 bits per heavy atom. The summed E-state index contributed by atoms with van der Waals surface area (Å²) in [6.45, 7) is 6.00. The largest absolute Gasteiger partial charge is 0.698 e. The van der Waals surface area contributed by atoms with E-state index >= 15 is 0 Å². The van der Waals surface area contributed by atoms with Crippen molar-refractivity contribution >= 4 is 30.5 Å². The molecule has 0 fully saturated rings. The molecule has 1 aromatic rings. The summed E-state index contributed by atoms with van der Waals surface area (Å²) in [5.41, 5.74) is 11.6. The van der Waals surface area contributed by atoms with Crippen molar-refractivity contribution in [1.29, 1.82) is 0 Å². The van der Waals surface area contributed by atoms with Gasteiger partial charge in [-0.25, -0.2) is 0 Å². The molecule has 0 aliphatic carbocycles. The van der Waals surface area contributed by atoms with Crippen LogP contribution in [0.3, 0.4) is 0 Å². The van der Waals surface area contributed by atoms with E-state index in [2.05, 4.69) is 6.92 Å². The fraction of sp³-hybridized carbons (Fsp3) is 0.333. The minimum absolute atomic E-state index is 0. The average Bonchev–Trinajstić information content (AvgIpc) is 1.82. The molecule has 4 heteroatoms. The maximum Gasteiger partial charge on any atom is 0 e. The first-order valence-electron chi connectivity index (χ1n) is 3.40. The predicted molar refractivity (Wildman–Crippen MR) is 59.1 cm³/mol. The standard InChI is InChI=1S/C9H12N.2ClH.Zr/c1-6-4-7(2)9(10)8(3)5-6;;;/h4-5,10H,1-3H3;2*1H;/q-1;;;. The van der Waals surface area contributed by atoms with E-state index < -0.39 is 0 Å². The smallest absolute Gasteiger partial charge is 0 e. The van der Waals surface area contributed by atoms with Crippen LogP contribution in [0, 0.1) is 20.8 Å². The van der Waals surface area contributed by atoms with Gasteiger partial charge >= 0.3 is 0 Å². The number of aryl methyl sites for hydroxylation is 3. The van der Waals surface area contributed by atoms with Crippen molar-refractivity contribution in [3.63, 3.8) is 0 Å². The maximum absolute atomic E-state index is 7.54. The van der Waals surface area contributed by atoms with E-state index in [4.69, 9.17) is 5.73 Å². The third-order valence-corrected chi connectivity index (χ3v) is 1.68. The summed E-state index contributed by atoms with van der Waals surface area (Å²) in [6.07, 6.45) is 0. The van der Waals surface area contributed by atoms with Gasteiger partial charge in [0, 0.05) is 26.2 Å². The van der Waals surface area contributed by atoms with Gasteiger partial charge < -0.3 is 5.73 Å². The molecule has 0 radical (unpaired) electrons. The molecule has 1 nitrogen and oxygen atoms in total. The van der Waals surface area contributed by atoms with Crippen LogP contribution in [-0.4, -0.2) is 0 Å². The third kappa shape index (κ3) is 5.05. The first-order valence-corrected chi connectivity index (χ1v) is 3.40. The first kappa shape index (κ1) is 19.1. The van der Waals surface area contributed by atoms with Crippen molar-refractivity contribution in [2.45, 2.75) is 20.8 Å². The monoisotopic (exact) mass is 296 g/mol. The second kappa shape index (κ2) is 7.85. The van der Waals surface area contributed by atoms with Crippen LogP contribution in [0.25, 0.3) is 5.73 Å². The maximum atomic E-state index is 7.54. The number of nitrogens with one attached hydrogen (secondary N) is 1. The van der Waals surface area contributed by atoms with E-state index in [-0.39, 0.29) is 51.0 Å². The zero-order chi connectivity index (χ0) is 7.72. The molecule has 0 saturated heterocycles. The molecule has 0 aliphatic heterocycles. The molecule has 0 aliphatic rings. The third-order valence-electron chi connectivity index (χ3n) is 1.68. The van der Waals surface area contributed by atoms with Gasteiger partial charge in [-0.3, -0.25) is 0 Å². The molecule has 13 heavy (non-hydrogen) atoms. The molecule has 0 unspecified atom stereocenters. The van der Waals surface area contributed by atoms with E-state index in [1.165, 1.54) is 5.56 Å². The quantitative estimate of drug-likeness (QED) is 0.687. The minimum atomic E-state index is 0. The predicted octanol–water partition coefficient (Wildman–Crippen LogP) is 4.14. The van der Waals surface area contributed by atoms with Gasteiger partial charge in [0.1, 0.15) is 0 Å². The number of halogens is 2. The van der Waals surface area contributed by atoms with Gasteiger partial charge in [-0.05, 0) is 20.8 Å². The molecule has 1 aromatic carbocycles. The number of rotatable bonds is 0. The first-order chi connectivity index (χ1) is 4.61. The molecule has 0 atom stereocenters. The zero-order valence-corrected chi connectivity index (χ0v) is 12.1. The number of hydrogen-bond donors (Lipinski definition) is 0. The van der Waals surface area contributed by atoms with Crippen LogP contribution >= 0.6 is 24.8 Å². The molecule has 0 heterocycles. The van der Waals surface area contributed by atoms with Crippen molar-refractivity contribution in [3.8, 4) is 0 Å². The molecule has 0 amide bonds. The second-order valence-corrected chi connectivity index (χ2v) is 2.77. The zero-order valence-electron chi connectivity index (χ0n) is 7.97. The molecular weight excluding hydrogens is 284 g/mol. The Kier molecular flexibility index (Phi) is 11.5. The van der Waals surface area contributed by atoms with Crippen molar-refractivity contribution < 1.29 is 26.2 Å². The van der Waals surface area contributed by atoms with Crippen molar-refractivity contribution in [1.82, 2.24) is 0 Å². The summed E-state index contributed by atoms with van der Waals surface area (Å²) in [7, 11) is 0. The molecule has 74 valence electrons. The van der Waals surface area contributed by atoms with Gasteiger partial charge in [0.2, 0.25) is 0 Å². The molecule has 0 spiro atoms. The van der Waals surface area contributed by atoms with Crippen LogP contribution in [0.2, 0.25) is 0 Å². The van der Waals surface area contributed by atoms with Crippen LogP contribution in [0.1, 0.15) is 16.7 Å². The summed E-state index contributed by atoms with van der Waals surface area (Å²) < 4.78 is 0. The molecule has 1 N–H and O–H groups in total. The van der Waals surface area contributed by atoms with Gasteiger partial charge in [0.25, 0.3) is 0 Å². The molecule has 0 aromatic heterocycles. The van der Waals surface area contributed by atoms with Crippen molar-refractivity contribution in [2.24, 2.45) is 0 Å². The number of benzene rings is 1. The second-order valence-electron chi connectivity index (χ2n) is 2.77. The fourth-order valence-electron chi connectivity index (χ4n) is 1.18. The van der Waals surface area contributed by atoms with Crippen LogP contribution in [0.5, 0.6) is 0 Å². The number of hydrogen-bond acceptors (Lipinski definition) is 0. The van der Waals surface area contributed by atoms with E-state index in [1.54, 1.807) is 0 Å². The Bertz CT molecular complexity index is 241. The Morgan fingerprint density at radius 2 is 1.23 bits per heavy atom. The van der Waals surface area contributed by atoms with Crippen LogP contribution < -0.4 is 0 Å². The Hall–Kier alpha value is 0.483. The normalized spacial score (nSPS) is 7.62. The summed E-state index contributed by atoms with van der Waals surface area (Å²) in [4.78, 5) is 0. The van der Waals surface area contributed by atoms with Crippen LogP contribution in [0.15, 0.2) is 12.1 Å². The van der Waals surface area contributed by atoms with Gasteiger partial charge in [0.15, 0.2) is 0 Å². The van der Waals surface area contributed by atoms with Gasteiger partial charge in [-0.15, -0.1) is 30.5 Å². The van der Waals surface area contributed by atoms with E-state index in [0.29, 0.717) is 5.69 Å². The van der Waals surface area contributed by atoms with Gasteiger partial charge in [0.05, 0.1) is 0 Å². The Morgan fingerprint density at radius 1 is 0.923 bits per heavy atom. The average molecular weight is 298 g/mol. The fourth-order valence-corrected chi connectivity index (χ4v) is 1.18. The summed E-state index contributed by atoms with van der Waals surface area (Å²) in [5, 5.41) is 0. The molecular formula is C9H14Cl2NZr-. The Labute approximate surface area is 111 Å². The van der Waals surface area contributed by atoms with E-state index in [0.717, 1.165) is 11.1 Å². The summed E-state index contributed by atoms with van der Waals surface area (Å²) >= 11 is 0. The SMILES string of the molecule is Cc1cc(C)c([NH-])c(C)c1.Cl.Cl.[Zr]. The molecule has 1 rings (SSSR count). The van der Waals surface area contributed by atoms with Crippen molar-refractivity contribution in [3.05, 3.63) is 34.6 Å². The van der Waals surface area contributed by atoms with Crippen molar-refractivity contribution in [2.75, 3.05) is 0 Å². The topological polar surface area (TPSA) is 23.8 Å². The van der Waals surface area contributed by atoms with Gasteiger partial charge in [-0.1, -0.05) is 28.8 Å².